The Morgan fingerprint density at radius 3 is 3.06 bits per heavy atom. The highest BCUT2D eigenvalue weighted by molar-refractivity contribution is 5.92. The van der Waals surface area contributed by atoms with Crippen molar-refractivity contribution >= 4 is 5.91 Å². The molecule has 0 aliphatic carbocycles. The van der Waals surface area contributed by atoms with E-state index in [0.717, 1.165) is 11.3 Å². The summed E-state index contributed by atoms with van der Waals surface area (Å²) < 4.78 is 0. The maximum atomic E-state index is 11.8. The van der Waals surface area contributed by atoms with Crippen LogP contribution in [-0.4, -0.2) is 15.9 Å². The largest absolute Gasteiger partial charge is 0.364 e. The van der Waals surface area contributed by atoms with Gasteiger partial charge in [-0.2, -0.15) is 0 Å². The first-order chi connectivity index (χ1) is 8.29. The first-order valence-corrected chi connectivity index (χ1v) is 5.35. The molecule has 0 spiro atoms. The molecule has 0 atom stereocenters. The lowest BCUT2D eigenvalue weighted by atomic mass is 10.2. The van der Waals surface area contributed by atoms with Crippen molar-refractivity contribution in [2.24, 2.45) is 5.73 Å². The van der Waals surface area contributed by atoms with Crippen molar-refractivity contribution in [3.8, 4) is 0 Å². The van der Waals surface area contributed by atoms with E-state index in [1.807, 2.05) is 18.3 Å². The van der Waals surface area contributed by atoms with Crippen LogP contribution in [0.1, 0.15) is 21.7 Å². The summed E-state index contributed by atoms with van der Waals surface area (Å²) in [6.07, 6.45) is 3.40. The molecule has 0 unspecified atom stereocenters. The van der Waals surface area contributed by atoms with Gasteiger partial charge < -0.3 is 16.0 Å². The van der Waals surface area contributed by atoms with E-state index in [2.05, 4.69) is 15.3 Å². The zero-order chi connectivity index (χ0) is 12.1. The van der Waals surface area contributed by atoms with Crippen LogP contribution in [0.4, 0.5) is 0 Å². The van der Waals surface area contributed by atoms with E-state index >= 15 is 0 Å². The Kier molecular flexibility index (Phi) is 3.52. The van der Waals surface area contributed by atoms with Gasteiger partial charge in [0.2, 0.25) is 0 Å². The lowest BCUT2D eigenvalue weighted by Gasteiger charge is -2.04. The van der Waals surface area contributed by atoms with Crippen molar-refractivity contribution in [1.29, 1.82) is 0 Å². The Balaban J connectivity index is 1.99. The zero-order valence-electron chi connectivity index (χ0n) is 9.31. The van der Waals surface area contributed by atoms with E-state index in [0.29, 0.717) is 18.8 Å². The van der Waals surface area contributed by atoms with Crippen molar-refractivity contribution < 1.29 is 4.79 Å². The SMILES string of the molecule is NCc1ccnc(C(=O)NCc2ccc[nH]2)c1. The second-order valence-corrected chi connectivity index (χ2v) is 3.63. The van der Waals surface area contributed by atoms with Crippen molar-refractivity contribution in [1.82, 2.24) is 15.3 Å². The molecule has 4 N–H and O–H groups in total. The van der Waals surface area contributed by atoms with E-state index in [4.69, 9.17) is 5.73 Å². The Morgan fingerprint density at radius 2 is 2.35 bits per heavy atom. The number of amides is 1. The van der Waals surface area contributed by atoms with Gasteiger partial charge in [-0.25, -0.2) is 0 Å². The van der Waals surface area contributed by atoms with Gasteiger partial charge in [-0.15, -0.1) is 0 Å². The van der Waals surface area contributed by atoms with Gasteiger partial charge in [0.05, 0.1) is 6.54 Å². The second-order valence-electron chi connectivity index (χ2n) is 3.63. The number of H-pyrrole nitrogens is 1. The normalized spacial score (nSPS) is 10.2. The number of carbonyl (C=O) groups excluding carboxylic acids is 1. The van der Waals surface area contributed by atoms with Crippen LogP contribution in [0.2, 0.25) is 0 Å². The maximum Gasteiger partial charge on any atom is 0.270 e. The predicted octanol–water partition coefficient (Wildman–Crippen LogP) is 0.798. The molecular weight excluding hydrogens is 216 g/mol. The van der Waals surface area contributed by atoms with Gasteiger partial charge in [-0.3, -0.25) is 9.78 Å². The standard InChI is InChI=1S/C12H14N4O/c13-7-9-3-5-15-11(6-9)12(17)16-8-10-2-1-4-14-10/h1-6,14H,7-8,13H2,(H,16,17). The zero-order valence-corrected chi connectivity index (χ0v) is 9.31. The summed E-state index contributed by atoms with van der Waals surface area (Å²) in [4.78, 5) is 18.8. The Labute approximate surface area is 99.1 Å². The molecule has 2 heterocycles. The molecule has 1 amide bonds. The van der Waals surface area contributed by atoms with Gasteiger partial charge >= 0.3 is 0 Å². The third-order valence-electron chi connectivity index (χ3n) is 2.39. The van der Waals surface area contributed by atoms with E-state index < -0.39 is 0 Å². The fourth-order valence-electron chi connectivity index (χ4n) is 1.47. The Hall–Kier alpha value is -2.14. The highest BCUT2D eigenvalue weighted by Crippen LogP contribution is 2.01. The van der Waals surface area contributed by atoms with Crippen LogP contribution >= 0.6 is 0 Å². The monoisotopic (exact) mass is 230 g/mol. The van der Waals surface area contributed by atoms with Crippen molar-refractivity contribution in [2.75, 3.05) is 0 Å². The number of hydrogen-bond acceptors (Lipinski definition) is 3. The molecule has 88 valence electrons. The Morgan fingerprint density at radius 1 is 1.47 bits per heavy atom. The summed E-state index contributed by atoms with van der Waals surface area (Å²) in [5, 5.41) is 2.78. The van der Waals surface area contributed by atoms with Gasteiger partial charge in [0, 0.05) is 24.6 Å². The molecule has 0 aliphatic heterocycles. The van der Waals surface area contributed by atoms with E-state index in [1.165, 1.54) is 0 Å². The third-order valence-corrected chi connectivity index (χ3v) is 2.39. The van der Waals surface area contributed by atoms with Crippen molar-refractivity contribution in [2.45, 2.75) is 13.1 Å². The molecule has 0 aliphatic rings. The van der Waals surface area contributed by atoms with Crippen LogP contribution in [0.5, 0.6) is 0 Å². The van der Waals surface area contributed by atoms with E-state index in [1.54, 1.807) is 18.3 Å². The van der Waals surface area contributed by atoms with E-state index in [-0.39, 0.29) is 5.91 Å². The van der Waals surface area contributed by atoms with Gasteiger partial charge in [0.25, 0.3) is 5.91 Å². The molecule has 2 aromatic heterocycles. The fourth-order valence-corrected chi connectivity index (χ4v) is 1.47. The van der Waals surface area contributed by atoms with E-state index in [9.17, 15) is 4.79 Å². The molecule has 0 fully saturated rings. The summed E-state index contributed by atoms with van der Waals surface area (Å²) in [7, 11) is 0. The first kappa shape index (κ1) is 11.3. The van der Waals surface area contributed by atoms with Crippen LogP contribution in [-0.2, 0) is 13.1 Å². The average Bonchev–Trinajstić information content (AvgIpc) is 2.89. The summed E-state index contributed by atoms with van der Waals surface area (Å²) in [6, 6.07) is 7.28. The smallest absolute Gasteiger partial charge is 0.270 e. The van der Waals surface area contributed by atoms with Crippen LogP contribution in [0.25, 0.3) is 0 Å². The lowest BCUT2D eigenvalue weighted by molar-refractivity contribution is 0.0945. The molecule has 2 aromatic rings. The number of rotatable bonds is 4. The molecule has 17 heavy (non-hydrogen) atoms. The average molecular weight is 230 g/mol. The van der Waals surface area contributed by atoms with Gasteiger partial charge in [0.1, 0.15) is 5.69 Å². The molecule has 0 aromatic carbocycles. The minimum Gasteiger partial charge on any atom is -0.364 e. The minimum absolute atomic E-state index is 0.199. The molecule has 0 radical (unpaired) electrons. The highest BCUT2D eigenvalue weighted by atomic mass is 16.1. The molecule has 0 saturated carbocycles. The first-order valence-electron chi connectivity index (χ1n) is 5.35. The third kappa shape index (κ3) is 2.92. The number of nitrogens with one attached hydrogen (secondary N) is 2. The van der Waals surface area contributed by atoms with Gasteiger partial charge in [0.15, 0.2) is 0 Å². The van der Waals surface area contributed by atoms with Crippen LogP contribution in [0.3, 0.4) is 0 Å². The molecule has 5 nitrogen and oxygen atoms in total. The quantitative estimate of drug-likeness (QED) is 0.726. The fraction of sp³-hybridized carbons (Fsp3) is 0.167. The molecule has 2 rings (SSSR count). The molecule has 0 bridgehead atoms. The molecular formula is C12H14N4O. The topological polar surface area (TPSA) is 83.8 Å². The second kappa shape index (κ2) is 5.27. The lowest BCUT2D eigenvalue weighted by Crippen LogP contribution is -2.24. The number of aromatic nitrogens is 2. The summed E-state index contributed by atoms with van der Waals surface area (Å²) >= 11 is 0. The number of nitrogens with two attached hydrogens (primary N) is 1. The summed E-state index contributed by atoms with van der Waals surface area (Å²) in [5.74, 6) is -0.199. The minimum atomic E-state index is -0.199. The van der Waals surface area contributed by atoms with Crippen molar-refractivity contribution in [3.05, 3.63) is 53.6 Å². The predicted molar refractivity (Wildman–Crippen MR) is 64.1 cm³/mol. The highest BCUT2D eigenvalue weighted by Gasteiger charge is 2.07. The maximum absolute atomic E-state index is 11.8. The van der Waals surface area contributed by atoms with Crippen LogP contribution < -0.4 is 11.1 Å². The van der Waals surface area contributed by atoms with Crippen LogP contribution in [0.15, 0.2) is 36.7 Å². The number of nitrogens with zero attached hydrogens (tertiary/aromatic N) is 1. The van der Waals surface area contributed by atoms with Gasteiger partial charge in [-0.1, -0.05) is 0 Å². The molecule has 0 saturated heterocycles. The summed E-state index contributed by atoms with van der Waals surface area (Å²) in [6.45, 7) is 0.861. The Bertz CT molecular complexity index is 493. The van der Waals surface area contributed by atoms with Crippen molar-refractivity contribution in [3.63, 3.8) is 0 Å². The van der Waals surface area contributed by atoms with Gasteiger partial charge in [-0.05, 0) is 29.8 Å². The number of pyridine rings is 1. The summed E-state index contributed by atoms with van der Waals surface area (Å²) in [5.41, 5.74) is 7.74. The molecule has 5 heteroatoms. The number of aromatic amines is 1. The number of carbonyl (C=O) groups is 1. The number of hydrogen-bond donors (Lipinski definition) is 3. The van der Waals surface area contributed by atoms with Crippen LogP contribution in [0, 0.1) is 0 Å².